The van der Waals surface area contributed by atoms with Gasteiger partial charge in [-0.2, -0.15) is 0 Å². The number of methoxy groups -OCH3 is 1. The van der Waals surface area contributed by atoms with E-state index in [0.717, 1.165) is 29.2 Å². The number of hydrogen-bond acceptors (Lipinski definition) is 6. The molecule has 0 saturated heterocycles. The quantitative estimate of drug-likeness (QED) is 0.333. The maximum atomic E-state index is 13.5. The van der Waals surface area contributed by atoms with Gasteiger partial charge in [0.25, 0.3) is 5.91 Å². The molecule has 0 atom stereocenters. The largest absolute Gasteiger partial charge is 0.494 e. The number of thioether (sulfide) groups is 1. The van der Waals surface area contributed by atoms with Crippen molar-refractivity contribution in [2.75, 3.05) is 44.4 Å². The molecule has 31 heavy (non-hydrogen) atoms. The van der Waals surface area contributed by atoms with Gasteiger partial charge in [-0.05, 0) is 55.7 Å². The molecule has 168 valence electrons. The Morgan fingerprint density at radius 1 is 1.13 bits per heavy atom. The van der Waals surface area contributed by atoms with Gasteiger partial charge < -0.3 is 9.64 Å². The van der Waals surface area contributed by atoms with Crippen molar-refractivity contribution in [1.29, 1.82) is 0 Å². The number of anilines is 1. The standard InChI is InChI=1S/C22H26ClN3O2S2.ClH/c1-5-25(6-2)13-14-26(21(27)15-7-9-16(29-4)10-8-15)22-24-19-18(28-3)12-11-17(23)20(19)30-22;/h7-12H,5-6,13-14H2,1-4H3;1H. The van der Waals surface area contributed by atoms with Crippen molar-refractivity contribution < 1.29 is 9.53 Å². The topological polar surface area (TPSA) is 45.7 Å². The third-order valence-electron chi connectivity index (χ3n) is 5.01. The SMILES string of the molecule is CCN(CC)CCN(C(=O)c1ccc(SC)cc1)c1nc2c(OC)ccc(Cl)c2s1.Cl. The summed E-state index contributed by atoms with van der Waals surface area (Å²) in [5.74, 6) is 0.585. The number of halogens is 2. The van der Waals surface area contributed by atoms with Gasteiger partial charge in [0.15, 0.2) is 5.13 Å². The normalized spacial score (nSPS) is 10.9. The molecule has 2 aromatic carbocycles. The van der Waals surface area contributed by atoms with Gasteiger partial charge in [-0.3, -0.25) is 9.69 Å². The molecule has 0 bridgehead atoms. The number of amides is 1. The predicted octanol–water partition coefficient (Wildman–Crippen LogP) is 6.09. The highest BCUT2D eigenvalue weighted by molar-refractivity contribution is 7.98. The van der Waals surface area contributed by atoms with E-state index in [9.17, 15) is 4.79 Å². The summed E-state index contributed by atoms with van der Waals surface area (Å²) in [6.07, 6.45) is 2.02. The molecule has 0 N–H and O–H groups in total. The zero-order chi connectivity index (χ0) is 21.7. The predicted molar refractivity (Wildman–Crippen MR) is 136 cm³/mol. The van der Waals surface area contributed by atoms with Crippen LogP contribution in [0.4, 0.5) is 5.13 Å². The van der Waals surface area contributed by atoms with E-state index in [1.54, 1.807) is 35.9 Å². The number of likely N-dealkylation sites (N-methyl/N-ethyl adjacent to an activating group) is 1. The Labute approximate surface area is 203 Å². The van der Waals surface area contributed by atoms with Crippen LogP contribution in [0.15, 0.2) is 41.3 Å². The van der Waals surface area contributed by atoms with Crippen molar-refractivity contribution in [3.63, 3.8) is 0 Å². The molecule has 0 aliphatic carbocycles. The summed E-state index contributed by atoms with van der Waals surface area (Å²) in [5, 5.41) is 1.23. The highest BCUT2D eigenvalue weighted by Gasteiger charge is 2.23. The highest BCUT2D eigenvalue weighted by Crippen LogP contribution is 2.39. The van der Waals surface area contributed by atoms with Gasteiger partial charge in [0.2, 0.25) is 0 Å². The molecule has 0 spiro atoms. The third kappa shape index (κ3) is 5.84. The molecule has 0 saturated carbocycles. The van der Waals surface area contributed by atoms with Crippen LogP contribution < -0.4 is 9.64 Å². The van der Waals surface area contributed by atoms with Crippen LogP contribution in [-0.2, 0) is 0 Å². The van der Waals surface area contributed by atoms with E-state index in [1.165, 1.54) is 11.3 Å². The molecule has 0 aliphatic heterocycles. The van der Waals surface area contributed by atoms with E-state index in [1.807, 2.05) is 30.5 Å². The molecule has 3 rings (SSSR count). The van der Waals surface area contributed by atoms with Crippen LogP contribution in [0.5, 0.6) is 5.75 Å². The second-order valence-electron chi connectivity index (χ2n) is 6.64. The van der Waals surface area contributed by atoms with E-state index in [2.05, 4.69) is 18.7 Å². The molecule has 5 nitrogen and oxygen atoms in total. The summed E-state index contributed by atoms with van der Waals surface area (Å²) in [7, 11) is 1.61. The van der Waals surface area contributed by atoms with E-state index in [4.69, 9.17) is 21.3 Å². The summed E-state index contributed by atoms with van der Waals surface area (Å²) in [6.45, 7) is 7.42. The molecule has 0 aliphatic rings. The fourth-order valence-electron chi connectivity index (χ4n) is 3.18. The van der Waals surface area contributed by atoms with Crippen LogP contribution in [-0.4, -0.2) is 55.3 Å². The van der Waals surface area contributed by atoms with Gasteiger partial charge >= 0.3 is 0 Å². The Morgan fingerprint density at radius 2 is 1.81 bits per heavy atom. The van der Waals surface area contributed by atoms with Crippen molar-refractivity contribution in [3.05, 3.63) is 47.0 Å². The molecular weight excluding hydrogens is 473 g/mol. The molecule has 0 fully saturated rings. The molecular formula is C22H27Cl2N3O2S2. The van der Waals surface area contributed by atoms with E-state index >= 15 is 0 Å². The van der Waals surface area contributed by atoms with Gasteiger partial charge in [0.05, 0.1) is 16.8 Å². The molecule has 1 heterocycles. The number of thiazole rings is 1. The van der Waals surface area contributed by atoms with Crippen molar-refractivity contribution in [3.8, 4) is 5.75 Å². The first kappa shape index (κ1) is 25.7. The van der Waals surface area contributed by atoms with Gasteiger partial charge in [-0.15, -0.1) is 24.2 Å². The average Bonchev–Trinajstić information content (AvgIpc) is 3.23. The minimum atomic E-state index is -0.0658. The zero-order valence-corrected chi connectivity index (χ0v) is 21.3. The summed E-state index contributed by atoms with van der Waals surface area (Å²) in [4.78, 5) is 23.4. The van der Waals surface area contributed by atoms with Gasteiger partial charge in [0.1, 0.15) is 11.3 Å². The van der Waals surface area contributed by atoms with Crippen LogP contribution in [0.25, 0.3) is 10.2 Å². The number of aromatic nitrogens is 1. The van der Waals surface area contributed by atoms with Crippen LogP contribution >= 0.6 is 47.1 Å². The third-order valence-corrected chi connectivity index (χ3v) is 7.30. The highest BCUT2D eigenvalue weighted by atomic mass is 35.5. The first-order valence-corrected chi connectivity index (χ1v) is 12.3. The number of rotatable bonds is 9. The van der Waals surface area contributed by atoms with Gasteiger partial charge in [-0.1, -0.05) is 36.8 Å². The van der Waals surface area contributed by atoms with E-state index in [0.29, 0.717) is 33.5 Å². The monoisotopic (exact) mass is 499 g/mol. The number of carbonyl (C=O) groups excluding carboxylic acids is 1. The average molecular weight is 501 g/mol. The molecule has 1 aromatic heterocycles. The Balaban J connectivity index is 0.00000341. The second-order valence-corrected chi connectivity index (χ2v) is 8.90. The smallest absolute Gasteiger partial charge is 0.260 e. The molecule has 3 aromatic rings. The van der Waals surface area contributed by atoms with Crippen LogP contribution in [0.3, 0.4) is 0 Å². The minimum absolute atomic E-state index is 0. The molecule has 0 unspecified atom stereocenters. The van der Waals surface area contributed by atoms with Crippen molar-refractivity contribution in [2.24, 2.45) is 0 Å². The lowest BCUT2D eigenvalue weighted by Crippen LogP contribution is -2.38. The van der Waals surface area contributed by atoms with Crippen LogP contribution in [0.2, 0.25) is 5.02 Å². The number of benzene rings is 2. The summed E-state index contributed by atoms with van der Waals surface area (Å²) in [6, 6.07) is 11.3. The lowest BCUT2D eigenvalue weighted by atomic mass is 10.2. The summed E-state index contributed by atoms with van der Waals surface area (Å²) >= 11 is 9.48. The number of ether oxygens (including phenoxy) is 1. The lowest BCUT2D eigenvalue weighted by Gasteiger charge is -2.24. The van der Waals surface area contributed by atoms with Crippen molar-refractivity contribution in [2.45, 2.75) is 18.7 Å². The number of nitrogens with zero attached hydrogens (tertiary/aromatic N) is 3. The minimum Gasteiger partial charge on any atom is -0.494 e. The second kappa shape index (κ2) is 11.9. The Morgan fingerprint density at radius 3 is 2.39 bits per heavy atom. The molecule has 1 amide bonds. The maximum absolute atomic E-state index is 13.5. The first-order chi connectivity index (χ1) is 14.5. The Hall–Kier alpha value is -1.51. The summed E-state index contributed by atoms with van der Waals surface area (Å²) < 4.78 is 6.27. The van der Waals surface area contributed by atoms with Gasteiger partial charge in [-0.25, -0.2) is 4.98 Å². The Kier molecular flexibility index (Phi) is 9.90. The number of hydrogen-bond donors (Lipinski definition) is 0. The van der Waals surface area contributed by atoms with Crippen molar-refractivity contribution >= 4 is 68.4 Å². The molecule has 0 radical (unpaired) electrons. The first-order valence-electron chi connectivity index (χ1n) is 9.83. The number of carbonyl (C=O) groups is 1. The maximum Gasteiger partial charge on any atom is 0.260 e. The zero-order valence-electron chi connectivity index (χ0n) is 18.1. The van der Waals surface area contributed by atoms with Crippen molar-refractivity contribution in [1.82, 2.24) is 9.88 Å². The van der Waals surface area contributed by atoms with Gasteiger partial charge in [0, 0.05) is 23.5 Å². The van der Waals surface area contributed by atoms with Crippen LogP contribution in [0, 0.1) is 0 Å². The summed E-state index contributed by atoms with van der Waals surface area (Å²) in [5.41, 5.74) is 1.33. The Bertz CT molecular complexity index is 1010. The fraction of sp³-hybridized carbons (Fsp3) is 0.364. The number of fused-ring (bicyclic) bond motifs is 1. The van der Waals surface area contributed by atoms with E-state index in [-0.39, 0.29) is 18.3 Å². The van der Waals surface area contributed by atoms with E-state index < -0.39 is 0 Å². The fourth-order valence-corrected chi connectivity index (χ4v) is 4.86. The van der Waals surface area contributed by atoms with Crippen LogP contribution in [0.1, 0.15) is 24.2 Å². The lowest BCUT2D eigenvalue weighted by molar-refractivity contribution is 0.0983. The molecule has 9 heteroatoms.